The van der Waals surface area contributed by atoms with Crippen molar-refractivity contribution in [2.45, 2.75) is 44.9 Å². The lowest BCUT2D eigenvalue weighted by atomic mass is 9.99. The van der Waals surface area contributed by atoms with Crippen LogP contribution in [0.25, 0.3) is 11.1 Å². The van der Waals surface area contributed by atoms with Crippen molar-refractivity contribution >= 4 is 11.6 Å². The van der Waals surface area contributed by atoms with Crippen LogP contribution in [0.1, 0.15) is 44.9 Å². The standard InChI is InChI=1S/C22H26N2O2/c25-22(24-23-19-13-7-2-1-3-8-14-19)17-26-21-16-10-9-15-20(21)18-11-5-4-6-12-18/h4-6,9-12,15-16H,1-3,7-8,13-14,17H2,(H,24,25). The van der Waals surface area contributed by atoms with Gasteiger partial charge >= 0.3 is 0 Å². The molecule has 4 nitrogen and oxygen atoms in total. The maximum atomic E-state index is 12.1. The quantitative estimate of drug-likeness (QED) is 0.776. The number of rotatable bonds is 5. The Morgan fingerprint density at radius 3 is 2.31 bits per heavy atom. The van der Waals surface area contributed by atoms with Crippen LogP contribution in [-0.4, -0.2) is 18.2 Å². The van der Waals surface area contributed by atoms with Crippen LogP contribution in [0.4, 0.5) is 0 Å². The molecule has 1 amide bonds. The first-order chi connectivity index (χ1) is 12.8. The molecule has 1 fully saturated rings. The van der Waals surface area contributed by atoms with Crippen LogP contribution < -0.4 is 10.2 Å². The second-order valence-corrected chi connectivity index (χ2v) is 6.63. The molecule has 1 saturated carbocycles. The van der Waals surface area contributed by atoms with Crippen molar-refractivity contribution in [1.82, 2.24) is 5.43 Å². The minimum atomic E-state index is -0.220. The van der Waals surface area contributed by atoms with Crippen molar-refractivity contribution in [2.24, 2.45) is 5.10 Å². The van der Waals surface area contributed by atoms with Crippen LogP contribution in [0.3, 0.4) is 0 Å². The van der Waals surface area contributed by atoms with Gasteiger partial charge in [-0.3, -0.25) is 4.79 Å². The molecule has 0 spiro atoms. The Morgan fingerprint density at radius 2 is 1.54 bits per heavy atom. The highest BCUT2D eigenvalue weighted by Crippen LogP contribution is 2.29. The van der Waals surface area contributed by atoms with Crippen LogP contribution in [0.15, 0.2) is 59.7 Å². The molecule has 2 aromatic carbocycles. The van der Waals surface area contributed by atoms with Gasteiger partial charge in [-0.1, -0.05) is 67.8 Å². The first kappa shape index (κ1) is 18.2. The van der Waals surface area contributed by atoms with Gasteiger partial charge in [-0.15, -0.1) is 0 Å². The zero-order valence-electron chi connectivity index (χ0n) is 15.1. The fourth-order valence-corrected chi connectivity index (χ4v) is 3.19. The summed E-state index contributed by atoms with van der Waals surface area (Å²) >= 11 is 0. The SMILES string of the molecule is O=C(COc1ccccc1-c1ccccc1)NN=C1CCCCCCC1. The zero-order chi connectivity index (χ0) is 18.0. The van der Waals surface area contributed by atoms with E-state index in [1.165, 1.54) is 19.3 Å². The van der Waals surface area contributed by atoms with E-state index in [4.69, 9.17) is 4.74 Å². The van der Waals surface area contributed by atoms with E-state index in [2.05, 4.69) is 10.5 Å². The summed E-state index contributed by atoms with van der Waals surface area (Å²) in [6.45, 7) is -0.0410. The molecule has 1 aliphatic carbocycles. The fourth-order valence-electron chi connectivity index (χ4n) is 3.19. The van der Waals surface area contributed by atoms with Crippen LogP contribution in [-0.2, 0) is 4.79 Å². The molecule has 136 valence electrons. The summed E-state index contributed by atoms with van der Waals surface area (Å²) in [7, 11) is 0. The van der Waals surface area contributed by atoms with E-state index in [1.54, 1.807) is 0 Å². The summed E-state index contributed by atoms with van der Waals surface area (Å²) in [6.07, 6.45) is 8.12. The van der Waals surface area contributed by atoms with Gasteiger partial charge in [-0.25, -0.2) is 5.43 Å². The molecular weight excluding hydrogens is 324 g/mol. The molecule has 4 heteroatoms. The lowest BCUT2D eigenvalue weighted by Gasteiger charge is -2.12. The maximum Gasteiger partial charge on any atom is 0.277 e. The molecule has 0 unspecified atom stereocenters. The summed E-state index contributed by atoms with van der Waals surface area (Å²) in [5.41, 5.74) is 5.80. The summed E-state index contributed by atoms with van der Waals surface area (Å²) in [4.78, 5) is 12.1. The van der Waals surface area contributed by atoms with E-state index >= 15 is 0 Å². The van der Waals surface area contributed by atoms with Crippen LogP contribution in [0.5, 0.6) is 5.75 Å². The molecule has 0 saturated heterocycles. The van der Waals surface area contributed by atoms with Crippen molar-refractivity contribution in [3.63, 3.8) is 0 Å². The molecule has 0 heterocycles. The Morgan fingerprint density at radius 1 is 0.885 bits per heavy atom. The zero-order valence-corrected chi connectivity index (χ0v) is 15.1. The average molecular weight is 350 g/mol. The molecule has 0 radical (unpaired) electrons. The van der Waals surface area contributed by atoms with E-state index in [0.717, 1.165) is 42.5 Å². The predicted octanol–water partition coefficient (Wildman–Crippen LogP) is 4.95. The average Bonchev–Trinajstić information content (AvgIpc) is 2.66. The van der Waals surface area contributed by atoms with Gasteiger partial charge in [0.2, 0.25) is 0 Å². The second-order valence-electron chi connectivity index (χ2n) is 6.63. The Balaban J connectivity index is 1.56. The van der Waals surface area contributed by atoms with Crippen LogP contribution >= 0.6 is 0 Å². The van der Waals surface area contributed by atoms with E-state index in [0.29, 0.717) is 5.75 Å². The molecule has 2 aromatic rings. The smallest absolute Gasteiger partial charge is 0.277 e. The van der Waals surface area contributed by atoms with E-state index < -0.39 is 0 Å². The van der Waals surface area contributed by atoms with Gasteiger partial charge in [-0.2, -0.15) is 5.10 Å². The number of hydrogen-bond acceptors (Lipinski definition) is 3. The summed E-state index contributed by atoms with van der Waals surface area (Å²) in [5, 5.41) is 4.31. The number of ether oxygens (including phenoxy) is 1. The molecule has 0 aromatic heterocycles. The molecule has 3 rings (SSSR count). The van der Waals surface area contributed by atoms with Crippen LogP contribution in [0, 0.1) is 0 Å². The fraction of sp³-hybridized carbons (Fsp3) is 0.364. The number of carbonyl (C=O) groups is 1. The summed E-state index contributed by atoms with van der Waals surface area (Å²) in [6, 6.07) is 17.8. The lowest BCUT2D eigenvalue weighted by molar-refractivity contribution is -0.123. The molecule has 1 N–H and O–H groups in total. The first-order valence-corrected chi connectivity index (χ1v) is 9.44. The van der Waals surface area contributed by atoms with Crippen molar-refractivity contribution in [3.05, 3.63) is 54.6 Å². The van der Waals surface area contributed by atoms with E-state index in [1.807, 2.05) is 54.6 Å². The highest BCUT2D eigenvalue weighted by molar-refractivity contribution is 5.86. The Hall–Kier alpha value is -2.62. The summed E-state index contributed by atoms with van der Waals surface area (Å²) in [5.74, 6) is 0.481. The van der Waals surface area contributed by atoms with Crippen LogP contribution in [0.2, 0.25) is 0 Å². The molecular formula is C22H26N2O2. The van der Waals surface area contributed by atoms with Crippen molar-refractivity contribution < 1.29 is 9.53 Å². The minimum absolute atomic E-state index is 0.0410. The number of hydrogen-bond donors (Lipinski definition) is 1. The lowest BCUT2D eigenvalue weighted by Crippen LogP contribution is -2.26. The Kier molecular flexibility index (Phi) is 6.82. The van der Waals surface area contributed by atoms with E-state index in [-0.39, 0.29) is 12.5 Å². The van der Waals surface area contributed by atoms with Gasteiger partial charge < -0.3 is 4.74 Å². The van der Waals surface area contributed by atoms with Gasteiger partial charge in [0.25, 0.3) is 5.91 Å². The Labute approximate surface area is 155 Å². The number of nitrogens with one attached hydrogen (secondary N) is 1. The largest absolute Gasteiger partial charge is 0.483 e. The van der Waals surface area contributed by atoms with Gasteiger partial charge in [0.15, 0.2) is 6.61 Å². The third kappa shape index (κ3) is 5.45. The Bertz CT molecular complexity index is 731. The number of para-hydroxylation sites is 1. The normalized spacial score (nSPS) is 14.8. The third-order valence-corrected chi connectivity index (χ3v) is 4.60. The topological polar surface area (TPSA) is 50.7 Å². The molecule has 0 bridgehead atoms. The van der Waals surface area contributed by atoms with E-state index in [9.17, 15) is 4.79 Å². The first-order valence-electron chi connectivity index (χ1n) is 9.44. The molecule has 0 aliphatic heterocycles. The third-order valence-electron chi connectivity index (χ3n) is 4.60. The number of carbonyl (C=O) groups excluding carboxylic acids is 1. The number of benzene rings is 2. The molecule has 26 heavy (non-hydrogen) atoms. The van der Waals surface area contributed by atoms with Gasteiger partial charge in [0.1, 0.15) is 5.75 Å². The highest BCUT2D eigenvalue weighted by atomic mass is 16.5. The minimum Gasteiger partial charge on any atom is -0.483 e. The summed E-state index contributed by atoms with van der Waals surface area (Å²) < 4.78 is 5.76. The van der Waals surface area contributed by atoms with Gasteiger partial charge in [0, 0.05) is 11.3 Å². The number of hydrazone groups is 1. The van der Waals surface area contributed by atoms with Crippen molar-refractivity contribution in [3.8, 4) is 16.9 Å². The number of nitrogens with zero attached hydrogens (tertiary/aromatic N) is 1. The molecule has 1 aliphatic rings. The van der Waals surface area contributed by atoms with Gasteiger partial charge in [0.05, 0.1) is 0 Å². The van der Waals surface area contributed by atoms with Crippen molar-refractivity contribution in [1.29, 1.82) is 0 Å². The maximum absolute atomic E-state index is 12.1. The highest BCUT2D eigenvalue weighted by Gasteiger charge is 2.09. The second kappa shape index (κ2) is 9.76. The number of amides is 1. The van der Waals surface area contributed by atoms with Gasteiger partial charge in [-0.05, 0) is 37.3 Å². The monoisotopic (exact) mass is 350 g/mol. The van der Waals surface area contributed by atoms with Crippen molar-refractivity contribution in [2.75, 3.05) is 6.61 Å². The predicted molar refractivity (Wildman–Crippen MR) is 105 cm³/mol. The molecule has 0 atom stereocenters.